The maximum Gasteiger partial charge on any atom is 0.471 e. The maximum absolute atomic E-state index is 11.5. The number of Topliss-reactive ketones (excluding diaryl/α,β-unsaturated/α-hetero) is 1. The van der Waals surface area contributed by atoms with Crippen molar-refractivity contribution in [3.8, 4) is 0 Å². The molecule has 3 rings (SSSR count). The Morgan fingerprint density at radius 1 is 1.21 bits per heavy atom. The molecule has 0 fully saturated rings. The van der Waals surface area contributed by atoms with E-state index in [0.717, 1.165) is 0 Å². The van der Waals surface area contributed by atoms with Gasteiger partial charge in [-0.05, 0) is 47.2 Å². The van der Waals surface area contributed by atoms with Crippen LogP contribution in [0.2, 0.25) is 0 Å². The Kier molecular flexibility index (Phi) is 3.78. The van der Waals surface area contributed by atoms with Crippen LogP contribution in [0.4, 0.5) is 23.1 Å². The molecular formula is C16H13N5O3. The van der Waals surface area contributed by atoms with Gasteiger partial charge in [0.2, 0.25) is 5.82 Å². The molecule has 8 heteroatoms. The number of fused-ring (bicyclic) bond motifs is 1. The Bertz CT molecular complexity index is 971. The summed E-state index contributed by atoms with van der Waals surface area (Å²) in [6, 6.07) is 11.6. The highest BCUT2D eigenvalue weighted by atomic mass is 16.6. The van der Waals surface area contributed by atoms with Crippen LogP contribution in [0.3, 0.4) is 0 Å². The second-order valence-corrected chi connectivity index (χ2v) is 5.17. The zero-order chi connectivity index (χ0) is 17.3. The monoisotopic (exact) mass is 323 g/mol. The van der Waals surface area contributed by atoms with E-state index in [1.165, 1.54) is 6.92 Å². The van der Waals surface area contributed by atoms with Crippen molar-refractivity contribution in [1.82, 2.24) is 9.97 Å². The number of nitro groups is 1. The lowest BCUT2D eigenvalue weighted by atomic mass is 10.1. The number of nitrogens with zero attached hydrogens (tertiary/aromatic N) is 3. The predicted molar refractivity (Wildman–Crippen MR) is 90.3 cm³/mol. The van der Waals surface area contributed by atoms with E-state index in [4.69, 9.17) is 5.73 Å². The Balaban J connectivity index is 2.13. The number of carbonyl (C=O) groups is 1. The molecule has 0 radical (unpaired) electrons. The highest BCUT2D eigenvalue weighted by Crippen LogP contribution is 2.27. The summed E-state index contributed by atoms with van der Waals surface area (Å²) in [6.07, 6.45) is 0. The van der Waals surface area contributed by atoms with Crippen molar-refractivity contribution in [3.63, 3.8) is 0 Å². The minimum absolute atomic E-state index is 0.0820. The molecule has 2 aromatic carbocycles. The number of aromatic nitrogens is 2. The van der Waals surface area contributed by atoms with E-state index in [-0.39, 0.29) is 11.6 Å². The third-order valence-corrected chi connectivity index (χ3v) is 3.40. The van der Waals surface area contributed by atoms with Crippen molar-refractivity contribution in [1.29, 1.82) is 0 Å². The maximum atomic E-state index is 11.5. The second kappa shape index (κ2) is 5.92. The number of hydrogen-bond donors (Lipinski definition) is 2. The molecule has 0 saturated carbocycles. The van der Waals surface area contributed by atoms with Crippen molar-refractivity contribution in [2.24, 2.45) is 0 Å². The molecule has 3 aromatic rings. The normalized spacial score (nSPS) is 10.5. The Labute approximate surface area is 136 Å². The zero-order valence-corrected chi connectivity index (χ0v) is 12.7. The number of rotatable bonds is 4. The first-order valence-electron chi connectivity index (χ1n) is 7.04. The van der Waals surface area contributed by atoms with Crippen molar-refractivity contribution >= 4 is 39.8 Å². The number of nitrogens with one attached hydrogen (secondary N) is 1. The molecular weight excluding hydrogens is 310 g/mol. The summed E-state index contributed by atoms with van der Waals surface area (Å²) in [7, 11) is 0. The highest BCUT2D eigenvalue weighted by Gasteiger charge is 2.18. The molecule has 1 aromatic heterocycles. The summed E-state index contributed by atoms with van der Waals surface area (Å²) in [5, 5.41) is 14.6. The first kappa shape index (κ1) is 15.3. The molecule has 8 nitrogen and oxygen atoms in total. The summed E-state index contributed by atoms with van der Waals surface area (Å²) in [6.45, 7) is 1.46. The highest BCUT2D eigenvalue weighted by molar-refractivity contribution is 5.96. The van der Waals surface area contributed by atoms with Crippen molar-refractivity contribution in [2.75, 3.05) is 11.1 Å². The predicted octanol–water partition coefficient (Wildman–Crippen LogP) is 3.07. The fourth-order valence-corrected chi connectivity index (χ4v) is 2.26. The lowest BCUT2D eigenvalue weighted by molar-refractivity contribution is -0.394. The average Bonchev–Trinajstić information content (AvgIpc) is 2.55. The number of ketones is 1. The number of carbonyl (C=O) groups excluding carboxylic acids is 1. The molecule has 0 spiro atoms. The van der Waals surface area contributed by atoms with Gasteiger partial charge in [0.1, 0.15) is 0 Å². The van der Waals surface area contributed by atoms with E-state index in [1.807, 2.05) is 0 Å². The molecule has 0 saturated heterocycles. The summed E-state index contributed by atoms with van der Waals surface area (Å²) >= 11 is 0. The SMILES string of the molecule is CC(=O)c1cccc(Nc2nc([N+](=O)[O-])nc3ccc(N)cc23)c1. The van der Waals surface area contributed by atoms with Crippen LogP contribution in [0.1, 0.15) is 17.3 Å². The summed E-state index contributed by atoms with van der Waals surface area (Å²) < 4.78 is 0. The fraction of sp³-hybridized carbons (Fsp3) is 0.0625. The van der Waals surface area contributed by atoms with Crippen molar-refractivity contribution in [3.05, 3.63) is 58.1 Å². The van der Waals surface area contributed by atoms with Crippen LogP contribution < -0.4 is 11.1 Å². The van der Waals surface area contributed by atoms with Gasteiger partial charge < -0.3 is 21.2 Å². The molecule has 0 atom stereocenters. The van der Waals surface area contributed by atoms with Gasteiger partial charge in [-0.1, -0.05) is 17.1 Å². The van der Waals surface area contributed by atoms with Gasteiger partial charge >= 0.3 is 5.95 Å². The van der Waals surface area contributed by atoms with Gasteiger partial charge in [0.15, 0.2) is 11.3 Å². The standard InChI is InChI=1S/C16H13N5O3/c1-9(22)10-3-2-4-12(7-10)18-15-13-8-11(17)5-6-14(13)19-16(20-15)21(23)24/h2-8H,17H2,1H3,(H,18,19,20). The molecule has 3 N–H and O–H groups in total. The lowest BCUT2D eigenvalue weighted by Crippen LogP contribution is -2.03. The van der Waals surface area contributed by atoms with E-state index in [9.17, 15) is 14.9 Å². The van der Waals surface area contributed by atoms with Crippen LogP contribution in [-0.4, -0.2) is 20.7 Å². The van der Waals surface area contributed by atoms with Gasteiger partial charge in [0.05, 0.1) is 5.39 Å². The number of nitrogens with two attached hydrogens (primary N) is 1. The van der Waals surface area contributed by atoms with E-state index >= 15 is 0 Å². The fourth-order valence-electron chi connectivity index (χ4n) is 2.26. The minimum Gasteiger partial charge on any atom is -0.399 e. The molecule has 24 heavy (non-hydrogen) atoms. The van der Waals surface area contributed by atoms with Gasteiger partial charge in [0.25, 0.3) is 0 Å². The van der Waals surface area contributed by atoms with Crippen molar-refractivity contribution in [2.45, 2.75) is 6.92 Å². The third kappa shape index (κ3) is 2.98. The Morgan fingerprint density at radius 2 is 2.00 bits per heavy atom. The lowest BCUT2D eigenvalue weighted by Gasteiger charge is -2.07. The third-order valence-electron chi connectivity index (χ3n) is 3.40. The van der Waals surface area contributed by atoms with E-state index in [2.05, 4.69) is 15.3 Å². The molecule has 120 valence electrons. The van der Waals surface area contributed by atoms with Crippen molar-refractivity contribution < 1.29 is 9.72 Å². The number of anilines is 3. The minimum atomic E-state index is -0.660. The Morgan fingerprint density at radius 3 is 2.71 bits per heavy atom. The van der Waals surface area contributed by atoms with Gasteiger partial charge in [-0.25, -0.2) is 0 Å². The van der Waals surface area contributed by atoms with E-state index < -0.39 is 10.9 Å². The van der Waals surface area contributed by atoms with Crippen LogP contribution in [0.15, 0.2) is 42.5 Å². The molecule has 0 amide bonds. The van der Waals surface area contributed by atoms with E-state index in [1.54, 1.807) is 42.5 Å². The van der Waals surface area contributed by atoms with Crippen LogP contribution >= 0.6 is 0 Å². The topological polar surface area (TPSA) is 124 Å². The molecule has 0 aliphatic carbocycles. The van der Waals surface area contributed by atoms with Crippen LogP contribution in [0.25, 0.3) is 10.9 Å². The zero-order valence-electron chi connectivity index (χ0n) is 12.7. The quantitative estimate of drug-likeness (QED) is 0.327. The molecule has 0 bridgehead atoms. The molecule has 1 heterocycles. The largest absolute Gasteiger partial charge is 0.471 e. The number of nitrogen functional groups attached to an aromatic ring is 1. The van der Waals surface area contributed by atoms with Gasteiger partial charge in [0, 0.05) is 16.9 Å². The van der Waals surface area contributed by atoms with Crippen LogP contribution in [-0.2, 0) is 0 Å². The van der Waals surface area contributed by atoms with Gasteiger partial charge in [-0.3, -0.25) is 4.79 Å². The summed E-state index contributed by atoms with van der Waals surface area (Å²) in [5.74, 6) is -0.349. The first-order chi connectivity index (χ1) is 11.4. The summed E-state index contributed by atoms with van der Waals surface area (Å²) in [5.41, 5.74) is 7.78. The van der Waals surface area contributed by atoms with Gasteiger partial charge in [-0.2, -0.15) is 0 Å². The first-order valence-corrected chi connectivity index (χ1v) is 7.04. The summed E-state index contributed by atoms with van der Waals surface area (Å²) in [4.78, 5) is 29.7. The van der Waals surface area contributed by atoms with Crippen LogP contribution in [0, 0.1) is 10.1 Å². The van der Waals surface area contributed by atoms with E-state index in [0.29, 0.717) is 27.8 Å². The smallest absolute Gasteiger partial charge is 0.399 e. The average molecular weight is 323 g/mol. The Hall–Kier alpha value is -3.55. The molecule has 0 unspecified atom stereocenters. The second-order valence-electron chi connectivity index (χ2n) is 5.17. The van der Waals surface area contributed by atoms with Gasteiger partial charge in [-0.15, -0.1) is 0 Å². The van der Waals surface area contributed by atoms with Crippen LogP contribution in [0.5, 0.6) is 0 Å². The molecule has 0 aliphatic rings. The molecule has 0 aliphatic heterocycles. The number of benzene rings is 2. The number of hydrogen-bond acceptors (Lipinski definition) is 7.